The number of thiazole rings is 1. The Kier molecular flexibility index (Phi) is 7.63. The van der Waals surface area contributed by atoms with Crippen molar-refractivity contribution in [2.45, 2.75) is 24.4 Å². The summed E-state index contributed by atoms with van der Waals surface area (Å²) in [6.45, 7) is 0.890. The number of amides is 2. The number of nitrogens with one attached hydrogen (secondary N) is 1. The monoisotopic (exact) mass is 517 g/mol. The average molecular weight is 518 g/mol. The Morgan fingerprint density at radius 3 is 2.77 bits per heavy atom. The summed E-state index contributed by atoms with van der Waals surface area (Å²) in [7, 11) is 0. The molecule has 2 aromatic heterocycles. The summed E-state index contributed by atoms with van der Waals surface area (Å²) in [4.78, 5) is 48.3. The number of thioether (sulfide) groups is 1. The number of carbonyl (C=O) groups is 3. The van der Waals surface area contributed by atoms with Gasteiger partial charge in [0.1, 0.15) is 23.7 Å². The van der Waals surface area contributed by atoms with E-state index in [2.05, 4.69) is 15.5 Å². The number of pyridine rings is 1. The van der Waals surface area contributed by atoms with Gasteiger partial charge in [0.2, 0.25) is 0 Å². The van der Waals surface area contributed by atoms with Gasteiger partial charge in [-0.05, 0) is 13.0 Å². The summed E-state index contributed by atoms with van der Waals surface area (Å²) in [6, 6.07) is 4.56. The van der Waals surface area contributed by atoms with Gasteiger partial charge in [0.05, 0.1) is 11.7 Å². The molecular weight excluding hydrogens is 494 g/mol. The normalized spacial score (nSPS) is 19.7. The number of nitrogens with two attached hydrogens (primary N) is 2. The number of hydrogen-bond acceptors (Lipinski definition) is 11. The number of rotatable bonds is 10. The molecule has 2 aliphatic rings. The van der Waals surface area contributed by atoms with Crippen LogP contribution in [-0.2, 0) is 25.8 Å². The second kappa shape index (κ2) is 10.8. The second-order valence-corrected chi connectivity index (χ2v) is 9.63. The maximum Gasteiger partial charge on any atom is 0.276 e. The van der Waals surface area contributed by atoms with Gasteiger partial charge in [-0.1, -0.05) is 11.2 Å². The molecule has 0 unspecified atom stereocenters. The molecule has 1 fully saturated rings. The SMILES string of the molecule is NCCCO/N=C(\C(=O)N[C@@H]1C(=O)N2C(C(=O)[O-])=C(C[n+]3ccccc3)CS[C@H]12)c1csc(N)n1. The van der Waals surface area contributed by atoms with Crippen LogP contribution in [0.3, 0.4) is 0 Å². The van der Waals surface area contributed by atoms with E-state index in [-0.39, 0.29) is 28.8 Å². The molecule has 4 heterocycles. The third kappa shape index (κ3) is 5.28. The lowest BCUT2D eigenvalue weighted by atomic mass is 10.0. The molecule has 1 saturated heterocycles. The van der Waals surface area contributed by atoms with Crippen LogP contribution in [0, 0.1) is 0 Å². The van der Waals surface area contributed by atoms with E-state index in [4.69, 9.17) is 16.3 Å². The highest BCUT2D eigenvalue weighted by molar-refractivity contribution is 8.00. The molecule has 14 heteroatoms. The van der Waals surface area contributed by atoms with Gasteiger partial charge in [-0.3, -0.25) is 14.5 Å². The van der Waals surface area contributed by atoms with E-state index >= 15 is 0 Å². The summed E-state index contributed by atoms with van der Waals surface area (Å²) in [5.74, 6) is -2.32. The van der Waals surface area contributed by atoms with Crippen LogP contribution in [0.15, 0.2) is 52.4 Å². The zero-order valence-corrected chi connectivity index (χ0v) is 20.1. The van der Waals surface area contributed by atoms with E-state index in [1.807, 2.05) is 22.8 Å². The smallest absolute Gasteiger partial charge is 0.276 e. The number of β-lactam (4-membered cyclic amide) rings is 1. The van der Waals surface area contributed by atoms with Crippen LogP contribution in [0.2, 0.25) is 0 Å². The molecule has 2 aromatic rings. The molecule has 5 N–H and O–H groups in total. The van der Waals surface area contributed by atoms with Crippen molar-refractivity contribution in [3.63, 3.8) is 0 Å². The molecule has 0 spiro atoms. The first-order valence-electron chi connectivity index (χ1n) is 10.6. The zero-order valence-electron chi connectivity index (χ0n) is 18.5. The Morgan fingerprint density at radius 2 is 2.11 bits per heavy atom. The summed E-state index contributed by atoms with van der Waals surface area (Å²) >= 11 is 2.49. The minimum Gasteiger partial charge on any atom is -0.543 e. The van der Waals surface area contributed by atoms with E-state index in [0.717, 1.165) is 11.3 Å². The first-order valence-corrected chi connectivity index (χ1v) is 12.6. The topological polar surface area (TPSA) is 180 Å². The molecule has 0 aliphatic carbocycles. The quantitative estimate of drug-likeness (QED) is 0.108. The van der Waals surface area contributed by atoms with E-state index in [1.54, 1.807) is 17.8 Å². The number of nitrogens with zero attached hydrogens (tertiary/aromatic N) is 4. The number of nitrogen functional groups attached to an aromatic ring is 1. The van der Waals surface area contributed by atoms with Gasteiger partial charge in [0.15, 0.2) is 29.8 Å². The third-order valence-electron chi connectivity index (χ3n) is 5.25. The average Bonchev–Trinajstić information content (AvgIpc) is 3.28. The fourth-order valence-electron chi connectivity index (χ4n) is 3.62. The Morgan fingerprint density at radius 1 is 1.34 bits per heavy atom. The lowest BCUT2D eigenvalue weighted by molar-refractivity contribution is -0.689. The van der Waals surface area contributed by atoms with Crippen LogP contribution in [0.1, 0.15) is 12.1 Å². The van der Waals surface area contributed by atoms with Gasteiger partial charge in [-0.2, -0.15) is 0 Å². The maximum absolute atomic E-state index is 13.0. The zero-order chi connectivity index (χ0) is 24.9. The Balaban J connectivity index is 1.51. The van der Waals surface area contributed by atoms with Crippen LogP contribution in [-0.4, -0.2) is 63.7 Å². The Hall–Kier alpha value is -3.49. The predicted molar refractivity (Wildman–Crippen MR) is 126 cm³/mol. The highest BCUT2D eigenvalue weighted by Gasteiger charge is 2.53. The fourth-order valence-corrected chi connectivity index (χ4v) is 5.50. The van der Waals surface area contributed by atoms with E-state index in [1.165, 1.54) is 16.7 Å². The number of hydrogen-bond donors (Lipinski definition) is 3. The Labute approximate surface area is 208 Å². The number of oxime groups is 1. The Bertz CT molecular complexity index is 1180. The lowest BCUT2D eigenvalue weighted by Gasteiger charge is -2.50. The van der Waals surface area contributed by atoms with Gasteiger partial charge in [0, 0.05) is 28.8 Å². The van der Waals surface area contributed by atoms with Crippen molar-refractivity contribution < 1.29 is 28.9 Å². The largest absolute Gasteiger partial charge is 0.543 e. The molecule has 4 rings (SSSR count). The van der Waals surface area contributed by atoms with Crippen molar-refractivity contribution in [2.75, 3.05) is 24.6 Å². The fraction of sp³-hybridized carbons (Fsp3) is 0.333. The molecule has 0 saturated carbocycles. The van der Waals surface area contributed by atoms with Crippen molar-refractivity contribution in [2.24, 2.45) is 10.9 Å². The van der Waals surface area contributed by atoms with E-state index in [0.29, 0.717) is 30.8 Å². The predicted octanol–water partition coefficient (Wildman–Crippen LogP) is -1.81. The summed E-state index contributed by atoms with van der Waals surface area (Å²) in [6.07, 6.45) is 4.15. The molecule has 12 nitrogen and oxygen atoms in total. The van der Waals surface area contributed by atoms with Crippen LogP contribution in [0.4, 0.5) is 5.13 Å². The van der Waals surface area contributed by atoms with Crippen molar-refractivity contribution in [1.82, 2.24) is 15.2 Å². The molecule has 0 bridgehead atoms. The molecular formula is C21H23N7O5S2. The first kappa shape index (κ1) is 24.6. The first-order chi connectivity index (χ1) is 16.9. The van der Waals surface area contributed by atoms with Crippen molar-refractivity contribution in [3.8, 4) is 0 Å². The minimum atomic E-state index is -1.44. The van der Waals surface area contributed by atoms with Crippen LogP contribution in [0.25, 0.3) is 0 Å². The van der Waals surface area contributed by atoms with Crippen LogP contribution >= 0.6 is 23.1 Å². The highest BCUT2D eigenvalue weighted by atomic mass is 32.2. The van der Waals surface area contributed by atoms with Gasteiger partial charge in [-0.15, -0.1) is 23.1 Å². The highest BCUT2D eigenvalue weighted by Crippen LogP contribution is 2.40. The van der Waals surface area contributed by atoms with E-state index in [9.17, 15) is 19.5 Å². The van der Waals surface area contributed by atoms with Crippen molar-refractivity contribution >= 4 is 51.7 Å². The van der Waals surface area contributed by atoms with Gasteiger partial charge in [-0.25, -0.2) is 9.55 Å². The number of carboxylic acid groups (broad SMARTS) is 1. The van der Waals surface area contributed by atoms with E-state index < -0.39 is 29.2 Å². The van der Waals surface area contributed by atoms with Crippen LogP contribution < -0.4 is 26.5 Å². The number of anilines is 1. The summed E-state index contributed by atoms with van der Waals surface area (Å²) in [5.41, 5.74) is 11.6. The summed E-state index contributed by atoms with van der Waals surface area (Å²) in [5, 5.41) is 19.7. The summed E-state index contributed by atoms with van der Waals surface area (Å²) < 4.78 is 1.82. The molecule has 2 atom stereocenters. The van der Waals surface area contributed by atoms with Crippen LogP contribution in [0.5, 0.6) is 0 Å². The number of fused-ring (bicyclic) bond motifs is 1. The molecule has 184 valence electrons. The number of aliphatic carboxylic acids is 1. The molecule has 2 amide bonds. The van der Waals surface area contributed by atoms with Gasteiger partial charge in [0.25, 0.3) is 11.8 Å². The van der Waals surface area contributed by atoms with Gasteiger partial charge >= 0.3 is 0 Å². The van der Waals surface area contributed by atoms with Crippen molar-refractivity contribution in [3.05, 3.63) is 52.9 Å². The standard InChI is InChI=1S/C21H23N7O5S2/c22-5-4-8-33-26-14(13-11-35-21(23)24-13)17(29)25-15-18(30)28-16(20(31)32)12(10-34-19(15)28)9-27-6-2-1-3-7-27/h1-3,6-7,11,15,19H,4-5,8-10,22H2,(H3-,23,24,25,29,31,32)/b26-14-/t15-,19-/m1/s1. The number of carboxylic acids is 1. The molecule has 35 heavy (non-hydrogen) atoms. The van der Waals surface area contributed by atoms with Gasteiger partial charge < -0.3 is 31.5 Å². The second-order valence-electron chi connectivity index (χ2n) is 7.63. The molecule has 0 aromatic carbocycles. The number of aromatic nitrogens is 2. The molecule has 2 aliphatic heterocycles. The number of carbonyl (C=O) groups excluding carboxylic acids is 3. The van der Waals surface area contributed by atoms with Crippen molar-refractivity contribution in [1.29, 1.82) is 0 Å². The molecule has 0 radical (unpaired) electrons. The maximum atomic E-state index is 13.0. The minimum absolute atomic E-state index is 0.140. The third-order valence-corrected chi connectivity index (χ3v) is 7.27. The lowest BCUT2D eigenvalue weighted by Crippen LogP contribution is -2.71.